The van der Waals surface area contributed by atoms with Crippen molar-refractivity contribution in [1.82, 2.24) is 30.1 Å². The van der Waals surface area contributed by atoms with E-state index in [0.29, 0.717) is 31.0 Å². The molecule has 1 aliphatic rings. The fourth-order valence-corrected chi connectivity index (χ4v) is 3.97. The number of H-pyrrole nitrogens is 1. The summed E-state index contributed by atoms with van der Waals surface area (Å²) >= 11 is 0. The Bertz CT molecular complexity index is 1180. The fourth-order valence-electron chi connectivity index (χ4n) is 3.97. The van der Waals surface area contributed by atoms with E-state index in [2.05, 4.69) is 20.5 Å². The van der Waals surface area contributed by atoms with E-state index in [1.807, 2.05) is 48.5 Å². The summed E-state index contributed by atoms with van der Waals surface area (Å²) < 4.78 is 1.66. The maximum absolute atomic E-state index is 13.5. The predicted octanol–water partition coefficient (Wildman–Crippen LogP) is 2.47. The molecule has 0 spiro atoms. The average molecular weight is 402 g/mol. The molecule has 1 atom stereocenters. The van der Waals surface area contributed by atoms with E-state index in [1.54, 1.807) is 15.8 Å². The van der Waals surface area contributed by atoms with Gasteiger partial charge in [-0.15, -0.1) is 5.10 Å². The number of benzene rings is 2. The number of hydrogen-bond acceptors (Lipinski definition) is 5. The zero-order valence-electron chi connectivity index (χ0n) is 16.4. The van der Waals surface area contributed by atoms with Crippen LogP contribution in [0.5, 0.6) is 0 Å². The summed E-state index contributed by atoms with van der Waals surface area (Å²) in [5.74, 6) is -0.156. The molecule has 4 aromatic rings. The first-order valence-corrected chi connectivity index (χ1v) is 10.1. The Morgan fingerprint density at radius 3 is 2.90 bits per heavy atom. The van der Waals surface area contributed by atoms with Crippen molar-refractivity contribution in [3.8, 4) is 11.3 Å². The van der Waals surface area contributed by atoms with Crippen molar-refractivity contribution in [2.45, 2.75) is 25.5 Å². The van der Waals surface area contributed by atoms with E-state index in [-0.39, 0.29) is 5.91 Å². The highest BCUT2D eigenvalue weighted by molar-refractivity contribution is 5.99. The predicted molar refractivity (Wildman–Crippen MR) is 112 cm³/mol. The van der Waals surface area contributed by atoms with Crippen molar-refractivity contribution in [2.24, 2.45) is 0 Å². The molecule has 1 fully saturated rings. The van der Waals surface area contributed by atoms with Gasteiger partial charge >= 0.3 is 0 Å². The van der Waals surface area contributed by atoms with Crippen LogP contribution in [0.1, 0.15) is 28.9 Å². The molecule has 30 heavy (non-hydrogen) atoms. The lowest BCUT2D eigenvalue weighted by molar-refractivity contribution is 0.0464. The smallest absolute Gasteiger partial charge is 0.274 e. The molecule has 0 aliphatic carbocycles. The van der Waals surface area contributed by atoms with Gasteiger partial charge in [-0.05, 0) is 30.5 Å². The number of β-amino-alcohol motifs (C(OH)–C–C–N with tert-alkyl or cyclic N) is 1. The maximum atomic E-state index is 13.5. The summed E-state index contributed by atoms with van der Waals surface area (Å²) in [7, 11) is 0. The second-order valence-electron chi connectivity index (χ2n) is 7.65. The lowest BCUT2D eigenvalue weighted by atomic mass is 10.0. The average Bonchev–Trinajstić information content (AvgIpc) is 3.40. The Labute approximate surface area is 173 Å². The van der Waals surface area contributed by atoms with E-state index >= 15 is 0 Å². The summed E-state index contributed by atoms with van der Waals surface area (Å²) in [6, 6.07) is 15.7. The van der Waals surface area contributed by atoms with Crippen LogP contribution in [-0.2, 0) is 6.54 Å². The highest BCUT2D eigenvalue weighted by atomic mass is 16.3. The standard InChI is InChI=1S/C22H22N6O2/c29-18-7-4-10-27(14-18)22(30)21-20(16-8-9-19-17(11-16)12-23-24-19)25-26-28(21)13-15-5-2-1-3-6-15/h1-3,5-6,8-9,11-12,18,29H,4,7,10,13-14H2,(H,23,24). The first-order chi connectivity index (χ1) is 14.7. The third-order valence-electron chi connectivity index (χ3n) is 5.51. The van der Waals surface area contributed by atoms with Gasteiger partial charge in [0.05, 0.1) is 24.4 Å². The van der Waals surface area contributed by atoms with E-state index < -0.39 is 6.10 Å². The summed E-state index contributed by atoms with van der Waals surface area (Å²) in [5.41, 5.74) is 3.74. The van der Waals surface area contributed by atoms with Crippen molar-refractivity contribution < 1.29 is 9.90 Å². The first kappa shape index (κ1) is 18.5. The lowest BCUT2D eigenvalue weighted by Gasteiger charge is -2.30. The number of amides is 1. The lowest BCUT2D eigenvalue weighted by Crippen LogP contribution is -2.43. The van der Waals surface area contributed by atoms with E-state index in [4.69, 9.17) is 0 Å². The number of nitrogens with one attached hydrogen (secondary N) is 1. The molecule has 5 rings (SSSR count). The van der Waals surface area contributed by atoms with Gasteiger partial charge < -0.3 is 10.0 Å². The Morgan fingerprint density at radius 2 is 2.07 bits per heavy atom. The SMILES string of the molecule is O=C(c1c(-c2ccc3[nH]ncc3c2)nnn1Cc1ccccc1)N1CCCC(O)C1. The normalized spacial score (nSPS) is 16.8. The van der Waals surface area contributed by atoms with Crippen molar-refractivity contribution in [3.63, 3.8) is 0 Å². The zero-order valence-corrected chi connectivity index (χ0v) is 16.4. The Balaban J connectivity index is 1.58. The van der Waals surface area contributed by atoms with Crippen LogP contribution >= 0.6 is 0 Å². The molecule has 152 valence electrons. The van der Waals surface area contributed by atoms with Crippen LogP contribution in [0.15, 0.2) is 54.7 Å². The minimum Gasteiger partial charge on any atom is -0.391 e. The molecule has 2 aromatic carbocycles. The number of hydrogen-bond donors (Lipinski definition) is 2. The van der Waals surface area contributed by atoms with Gasteiger partial charge in [0.15, 0.2) is 5.69 Å². The summed E-state index contributed by atoms with van der Waals surface area (Å²) in [4.78, 5) is 15.2. The molecule has 0 saturated carbocycles. The molecule has 0 radical (unpaired) electrons. The van der Waals surface area contributed by atoms with Crippen molar-refractivity contribution >= 4 is 16.8 Å². The minimum atomic E-state index is -0.494. The third-order valence-corrected chi connectivity index (χ3v) is 5.51. The second-order valence-corrected chi connectivity index (χ2v) is 7.65. The molecule has 3 heterocycles. The highest BCUT2D eigenvalue weighted by Crippen LogP contribution is 2.27. The van der Waals surface area contributed by atoms with E-state index in [1.165, 1.54) is 0 Å². The van der Waals surface area contributed by atoms with Crippen LogP contribution in [0.2, 0.25) is 0 Å². The Morgan fingerprint density at radius 1 is 1.20 bits per heavy atom. The molecule has 8 nitrogen and oxygen atoms in total. The van der Waals surface area contributed by atoms with Crippen LogP contribution in [0.4, 0.5) is 0 Å². The Hall–Kier alpha value is -3.52. The van der Waals surface area contributed by atoms with Crippen LogP contribution < -0.4 is 0 Å². The van der Waals surface area contributed by atoms with Crippen LogP contribution in [-0.4, -0.2) is 60.3 Å². The second kappa shape index (κ2) is 7.72. The van der Waals surface area contributed by atoms with Crippen LogP contribution in [0, 0.1) is 0 Å². The van der Waals surface area contributed by atoms with Gasteiger partial charge in [-0.25, -0.2) is 4.68 Å². The molecule has 2 aromatic heterocycles. The van der Waals surface area contributed by atoms with Crippen molar-refractivity contribution in [3.05, 3.63) is 66.0 Å². The molecule has 1 saturated heterocycles. The third kappa shape index (κ3) is 3.46. The monoisotopic (exact) mass is 402 g/mol. The number of aliphatic hydroxyl groups excluding tert-OH is 1. The summed E-state index contributed by atoms with van der Waals surface area (Å²) in [6.45, 7) is 1.39. The van der Waals surface area contributed by atoms with Gasteiger partial charge in [0.1, 0.15) is 5.69 Å². The summed E-state index contributed by atoms with van der Waals surface area (Å²) in [5, 5.41) is 26.7. The topological polar surface area (TPSA) is 99.9 Å². The molecular weight excluding hydrogens is 380 g/mol. The first-order valence-electron chi connectivity index (χ1n) is 10.1. The van der Waals surface area contributed by atoms with Crippen molar-refractivity contribution in [2.75, 3.05) is 13.1 Å². The minimum absolute atomic E-state index is 0.156. The zero-order chi connectivity index (χ0) is 20.5. The fraction of sp³-hybridized carbons (Fsp3) is 0.273. The number of carbonyl (C=O) groups is 1. The molecule has 1 aliphatic heterocycles. The largest absolute Gasteiger partial charge is 0.391 e. The van der Waals surface area contributed by atoms with Gasteiger partial charge in [-0.1, -0.05) is 41.6 Å². The van der Waals surface area contributed by atoms with Gasteiger partial charge in [0, 0.05) is 24.0 Å². The van der Waals surface area contributed by atoms with Gasteiger partial charge in [-0.2, -0.15) is 5.10 Å². The molecule has 0 bridgehead atoms. The van der Waals surface area contributed by atoms with Gasteiger partial charge in [-0.3, -0.25) is 9.89 Å². The van der Waals surface area contributed by atoms with Gasteiger partial charge in [0.25, 0.3) is 5.91 Å². The summed E-state index contributed by atoms with van der Waals surface area (Å²) in [6.07, 6.45) is 2.75. The van der Waals surface area contributed by atoms with Gasteiger partial charge in [0.2, 0.25) is 0 Å². The maximum Gasteiger partial charge on any atom is 0.274 e. The van der Waals surface area contributed by atoms with E-state index in [9.17, 15) is 9.90 Å². The van der Waals surface area contributed by atoms with E-state index in [0.717, 1.165) is 34.9 Å². The molecule has 8 heteroatoms. The number of likely N-dealkylation sites (tertiary alicyclic amines) is 1. The number of aromatic amines is 1. The quantitative estimate of drug-likeness (QED) is 0.546. The molecule has 1 amide bonds. The number of nitrogens with zero attached hydrogens (tertiary/aromatic N) is 5. The van der Waals surface area contributed by atoms with Crippen LogP contribution in [0.3, 0.4) is 0 Å². The number of carbonyl (C=O) groups excluding carboxylic acids is 1. The number of aromatic nitrogens is 5. The number of piperidine rings is 1. The number of rotatable bonds is 4. The van der Waals surface area contributed by atoms with Crippen LogP contribution in [0.25, 0.3) is 22.2 Å². The highest BCUT2D eigenvalue weighted by Gasteiger charge is 2.29. The molecule has 2 N–H and O–H groups in total. The van der Waals surface area contributed by atoms with Crippen molar-refractivity contribution in [1.29, 1.82) is 0 Å². The number of aliphatic hydroxyl groups is 1. The molecular formula is C22H22N6O2. The molecule has 1 unspecified atom stereocenters. The number of fused-ring (bicyclic) bond motifs is 1. The Kier molecular flexibility index (Phi) is 4.76.